The van der Waals surface area contributed by atoms with Crippen LogP contribution >= 0.6 is 0 Å². The highest BCUT2D eigenvalue weighted by atomic mass is 32.2. The van der Waals surface area contributed by atoms with Crippen LogP contribution in [0.25, 0.3) is 0 Å². The third-order valence-electron chi connectivity index (χ3n) is 2.71. The first-order valence-corrected chi connectivity index (χ1v) is 7.34. The predicted molar refractivity (Wildman–Crippen MR) is 74.6 cm³/mol. The molecule has 0 aliphatic heterocycles. The van der Waals surface area contributed by atoms with Gasteiger partial charge in [-0.25, -0.2) is 13.2 Å². The van der Waals surface area contributed by atoms with Crippen molar-refractivity contribution in [1.82, 2.24) is 4.31 Å². The van der Waals surface area contributed by atoms with Crippen LogP contribution < -0.4 is 4.74 Å². The number of hydrogen-bond donors (Lipinski definition) is 1. The monoisotopic (exact) mass is 299 g/mol. The van der Waals surface area contributed by atoms with Crippen LogP contribution in [0.15, 0.2) is 35.7 Å². The molecule has 1 aromatic rings. The van der Waals surface area contributed by atoms with Gasteiger partial charge in [0.25, 0.3) is 0 Å². The van der Waals surface area contributed by atoms with Crippen molar-refractivity contribution in [3.63, 3.8) is 0 Å². The van der Waals surface area contributed by atoms with Crippen LogP contribution in [-0.4, -0.2) is 44.0 Å². The smallest absolute Gasteiger partial charge is 0.335 e. The number of methoxy groups -OCH3 is 1. The van der Waals surface area contributed by atoms with Gasteiger partial charge in [-0.2, -0.15) is 4.31 Å². The Hall–Kier alpha value is -1.86. The van der Waals surface area contributed by atoms with E-state index in [2.05, 4.69) is 6.58 Å². The van der Waals surface area contributed by atoms with E-state index in [1.165, 1.54) is 29.6 Å². The van der Waals surface area contributed by atoms with E-state index in [1.807, 2.05) is 0 Å². The Balaban J connectivity index is 3.45. The van der Waals surface area contributed by atoms with Crippen LogP contribution in [0.2, 0.25) is 0 Å². The number of sulfonamides is 1. The zero-order valence-electron chi connectivity index (χ0n) is 11.4. The van der Waals surface area contributed by atoms with E-state index in [0.717, 1.165) is 6.07 Å². The highest BCUT2D eigenvalue weighted by Crippen LogP contribution is 2.27. The van der Waals surface area contributed by atoms with E-state index in [1.54, 1.807) is 6.92 Å². The van der Waals surface area contributed by atoms with Gasteiger partial charge in [0.2, 0.25) is 10.0 Å². The van der Waals surface area contributed by atoms with Crippen LogP contribution in [0.4, 0.5) is 0 Å². The van der Waals surface area contributed by atoms with Gasteiger partial charge in [0.1, 0.15) is 10.6 Å². The topological polar surface area (TPSA) is 83.9 Å². The van der Waals surface area contributed by atoms with Gasteiger partial charge < -0.3 is 9.84 Å². The number of carbonyl (C=O) groups is 1. The molecule has 110 valence electrons. The third-order valence-corrected chi connectivity index (χ3v) is 4.68. The minimum absolute atomic E-state index is 0.109. The van der Waals surface area contributed by atoms with Crippen molar-refractivity contribution in [1.29, 1.82) is 0 Å². The lowest BCUT2D eigenvalue weighted by atomic mass is 10.2. The summed E-state index contributed by atoms with van der Waals surface area (Å²) in [7, 11) is -2.51. The molecule has 20 heavy (non-hydrogen) atoms. The summed E-state index contributed by atoms with van der Waals surface area (Å²) in [5.41, 5.74) is -0.112. The molecule has 1 rings (SSSR count). The number of ether oxygens (including phenoxy) is 1. The summed E-state index contributed by atoms with van der Waals surface area (Å²) in [4.78, 5) is 10.8. The summed E-state index contributed by atoms with van der Waals surface area (Å²) in [5, 5.41) is 8.97. The normalized spacial score (nSPS) is 11.3. The lowest BCUT2D eigenvalue weighted by Gasteiger charge is -2.20. The minimum atomic E-state index is -3.84. The van der Waals surface area contributed by atoms with Crippen molar-refractivity contribution < 1.29 is 23.1 Å². The Labute approximate surface area is 118 Å². The molecule has 0 amide bonds. The number of carboxylic acids is 1. The lowest BCUT2D eigenvalue weighted by molar-refractivity contribution is 0.0696. The van der Waals surface area contributed by atoms with Crippen LogP contribution in [0.3, 0.4) is 0 Å². The van der Waals surface area contributed by atoms with E-state index in [4.69, 9.17) is 9.84 Å². The lowest BCUT2D eigenvalue weighted by Crippen LogP contribution is -2.31. The Bertz CT molecular complexity index is 609. The fraction of sp³-hybridized carbons (Fsp3) is 0.308. The second-order valence-electron chi connectivity index (χ2n) is 3.92. The molecule has 7 heteroatoms. The molecule has 6 nitrogen and oxygen atoms in total. The van der Waals surface area contributed by atoms with Gasteiger partial charge >= 0.3 is 5.97 Å². The molecule has 0 saturated heterocycles. The quantitative estimate of drug-likeness (QED) is 0.773. The van der Waals surface area contributed by atoms with Crippen molar-refractivity contribution in [2.45, 2.75) is 11.8 Å². The molecule has 0 heterocycles. The van der Waals surface area contributed by atoms with Gasteiger partial charge in [0, 0.05) is 13.1 Å². The van der Waals surface area contributed by atoms with Crippen LogP contribution in [0.5, 0.6) is 5.75 Å². The number of likely N-dealkylation sites (N-methyl/N-ethyl adjacent to an activating group) is 1. The maximum absolute atomic E-state index is 12.5. The van der Waals surface area contributed by atoms with E-state index < -0.39 is 16.0 Å². The van der Waals surface area contributed by atoms with Crippen LogP contribution in [0.1, 0.15) is 17.3 Å². The maximum Gasteiger partial charge on any atom is 0.335 e. The van der Waals surface area contributed by atoms with Crippen LogP contribution in [-0.2, 0) is 10.0 Å². The molecule has 0 radical (unpaired) electrons. The molecule has 0 spiro atoms. The number of rotatable bonds is 7. The molecule has 1 N–H and O–H groups in total. The number of hydrogen-bond acceptors (Lipinski definition) is 4. The Morgan fingerprint density at radius 2 is 2.15 bits per heavy atom. The second kappa shape index (κ2) is 6.53. The van der Waals surface area contributed by atoms with E-state index in [0.29, 0.717) is 0 Å². The predicted octanol–water partition coefficient (Wildman–Crippen LogP) is 1.59. The molecule has 0 aromatic heterocycles. The number of benzene rings is 1. The molecular weight excluding hydrogens is 282 g/mol. The van der Waals surface area contributed by atoms with Gasteiger partial charge in [-0.05, 0) is 18.2 Å². The highest BCUT2D eigenvalue weighted by molar-refractivity contribution is 7.89. The van der Waals surface area contributed by atoms with E-state index in [9.17, 15) is 13.2 Å². The molecule has 0 unspecified atom stereocenters. The van der Waals surface area contributed by atoms with Crippen molar-refractivity contribution in [2.75, 3.05) is 20.2 Å². The first kappa shape index (κ1) is 16.2. The molecule has 0 fully saturated rings. The maximum atomic E-state index is 12.5. The second-order valence-corrected chi connectivity index (χ2v) is 5.82. The third kappa shape index (κ3) is 3.17. The number of nitrogens with zero attached hydrogens (tertiary/aromatic N) is 1. The molecule has 0 bridgehead atoms. The summed E-state index contributed by atoms with van der Waals surface area (Å²) >= 11 is 0. The molecule has 0 aliphatic rings. The van der Waals surface area contributed by atoms with Crippen molar-refractivity contribution in [3.05, 3.63) is 36.4 Å². The molecule has 0 atom stereocenters. The van der Waals surface area contributed by atoms with Crippen molar-refractivity contribution >= 4 is 16.0 Å². The minimum Gasteiger partial charge on any atom is -0.495 e. The van der Waals surface area contributed by atoms with E-state index >= 15 is 0 Å². The zero-order chi connectivity index (χ0) is 15.3. The number of aromatic carboxylic acids is 1. The summed E-state index contributed by atoms with van der Waals surface area (Å²) in [6.07, 6.45) is 1.47. The van der Waals surface area contributed by atoms with Gasteiger partial charge in [0.15, 0.2) is 0 Å². The van der Waals surface area contributed by atoms with Crippen LogP contribution in [0, 0.1) is 0 Å². The largest absolute Gasteiger partial charge is 0.495 e. The van der Waals surface area contributed by atoms with Gasteiger partial charge in [0.05, 0.1) is 12.7 Å². The molecule has 0 aliphatic carbocycles. The van der Waals surface area contributed by atoms with Crippen molar-refractivity contribution in [3.8, 4) is 5.75 Å². The first-order valence-electron chi connectivity index (χ1n) is 5.90. The van der Waals surface area contributed by atoms with Crippen molar-refractivity contribution in [2.24, 2.45) is 0 Å². The molecular formula is C13H17NO5S. The molecule has 0 saturated carbocycles. The fourth-order valence-electron chi connectivity index (χ4n) is 1.69. The van der Waals surface area contributed by atoms with Gasteiger partial charge in [-0.1, -0.05) is 13.0 Å². The Morgan fingerprint density at radius 1 is 1.50 bits per heavy atom. The Kier molecular flexibility index (Phi) is 5.29. The first-order chi connectivity index (χ1) is 9.38. The summed E-state index contributed by atoms with van der Waals surface area (Å²) in [6, 6.07) is 3.73. The molecule has 1 aromatic carbocycles. The number of carboxylic acid groups (broad SMARTS) is 1. The average Bonchev–Trinajstić information content (AvgIpc) is 2.43. The van der Waals surface area contributed by atoms with E-state index in [-0.39, 0.29) is 29.3 Å². The Morgan fingerprint density at radius 3 is 2.60 bits per heavy atom. The standard InChI is InChI=1S/C13H17NO5S/c1-4-8-14(5-2)20(17,18)12-9-10(13(15)16)6-7-11(12)19-3/h4,6-7,9H,1,5,8H2,2-3H3,(H,15,16). The van der Waals surface area contributed by atoms with Gasteiger partial charge in [-0.3, -0.25) is 0 Å². The summed E-state index contributed by atoms with van der Waals surface area (Å²) < 4.78 is 31.2. The summed E-state index contributed by atoms with van der Waals surface area (Å²) in [6.45, 7) is 5.58. The highest BCUT2D eigenvalue weighted by Gasteiger charge is 2.27. The SMILES string of the molecule is C=CCN(CC)S(=O)(=O)c1cc(C(=O)O)ccc1OC. The fourth-order valence-corrected chi connectivity index (χ4v) is 3.29. The zero-order valence-corrected chi connectivity index (χ0v) is 12.2. The van der Waals surface area contributed by atoms with Gasteiger partial charge in [-0.15, -0.1) is 6.58 Å². The summed E-state index contributed by atoms with van der Waals surface area (Å²) in [5.74, 6) is -1.09. The average molecular weight is 299 g/mol.